The van der Waals surface area contributed by atoms with Gasteiger partial charge >= 0.3 is 0 Å². The molecule has 0 aliphatic rings. The summed E-state index contributed by atoms with van der Waals surface area (Å²) in [6.07, 6.45) is 1.01. The van der Waals surface area contributed by atoms with Gasteiger partial charge in [-0.15, -0.1) is 11.3 Å². The summed E-state index contributed by atoms with van der Waals surface area (Å²) in [6, 6.07) is 10.2. The molecule has 4 heteroatoms. The molecule has 0 fully saturated rings. The maximum Gasteiger partial charge on any atom is 0.131 e. The minimum absolute atomic E-state index is 0.351. The Morgan fingerprint density at radius 1 is 1.38 bits per heavy atom. The second kappa shape index (κ2) is 5.32. The Labute approximate surface area is 104 Å². The summed E-state index contributed by atoms with van der Waals surface area (Å²) in [5.41, 5.74) is 0. The van der Waals surface area contributed by atoms with E-state index in [4.69, 9.17) is 11.6 Å². The van der Waals surface area contributed by atoms with Crippen molar-refractivity contribution in [2.75, 3.05) is 5.32 Å². The van der Waals surface area contributed by atoms with Crippen molar-refractivity contribution < 1.29 is 0 Å². The first-order valence-electron chi connectivity index (χ1n) is 5.15. The lowest BCUT2D eigenvalue weighted by molar-refractivity contribution is 0.794. The molecule has 16 heavy (non-hydrogen) atoms. The van der Waals surface area contributed by atoms with Crippen LogP contribution < -0.4 is 5.32 Å². The Bertz CT molecular complexity index is 442. The fourth-order valence-corrected chi connectivity index (χ4v) is 2.52. The van der Waals surface area contributed by atoms with Crippen molar-refractivity contribution in [1.29, 1.82) is 0 Å². The molecule has 2 aromatic rings. The van der Waals surface area contributed by atoms with Gasteiger partial charge in [0.15, 0.2) is 0 Å². The molecule has 2 heterocycles. The Hall–Kier alpha value is -1.06. The number of hydrogen-bond acceptors (Lipinski definition) is 3. The Balaban J connectivity index is 1.94. The van der Waals surface area contributed by atoms with Gasteiger partial charge in [0, 0.05) is 17.3 Å². The standard InChI is InChI=1S/C12H13ClN2S/c1-9(8-10-4-3-7-16-10)14-12-6-2-5-11(13)15-12/h2-7,9H,8H2,1H3,(H,14,15). The minimum atomic E-state index is 0.351. The predicted molar refractivity (Wildman–Crippen MR) is 70.4 cm³/mol. The van der Waals surface area contributed by atoms with E-state index < -0.39 is 0 Å². The van der Waals surface area contributed by atoms with Crippen molar-refractivity contribution in [3.05, 3.63) is 45.7 Å². The van der Waals surface area contributed by atoms with E-state index in [1.807, 2.05) is 12.1 Å². The average Bonchev–Trinajstić information content (AvgIpc) is 2.70. The summed E-state index contributed by atoms with van der Waals surface area (Å²) in [5.74, 6) is 0.830. The maximum absolute atomic E-state index is 5.82. The van der Waals surface area contributed by atoms with Crippen molar-refractivity contribution in [3.8, 4) is 0 Å². The molecule has 0 aliphatic carbocycles. The molecule has 0 amide bonds. The average molecular weight is 253 g/mol. The van der Waals surface area contributed by atoms with Gasteiger partial charge < -0.3 is 5.32 Å². The lowest BCUT2D eigenvalue weighted by Gasteiger charge is -2.13. The van der Waals surface area contributed by atoms with E-state index in [2.05, 4.69) is 34.7 Å². The first-order chi connectivity index (χ1) is 7.74. The summed E-state index contributed by atoms with van der Waals surface area (Å²) in [4.78, 5) is 5.58. The summed E-state index contributed by atoms with van der Waals surface area (Å²) in [7, 11) is 0. The monoisotopic (exact) mass is 252 g/mol. The number of aromatic nitrogens is 1. The van der Waals surface area contributed by atoms with Crippen molar-refractivity contribution in [2.45, 2.75) is 19.4 Å². The fraction of sp³-hybridized carbons (Fsp3) is 0.250. The Morgan fingerprint density at radius 2 is 2.25 bits per heavy atom. The number of nitrogens with zero attached hydrogens (tertiary/aromatic N) is 1. The molecule has 1 unspecified atom stereocenters. The molecule has 2 nitrogen and oxygen atoms in total. The van der Waals surface area contributed by atoms with Gasteiger partial charge in [0.2, 0.25) is 0 Å². The molecule has 0 aliphatic heterocycles. The topological polar surface area (TPSA) is 24.9 Å². The van der Waals surface area contributed by atoms with Crippen LogP contribution in [0.2, 0.25) is 5.15 Å². The van der Waals surface area contributed by atoms with Crippen LogP contribution in [0.15, 0.2) is 35.7 Å². The molecule has 2 aromatic heterocycles. The normalized spacial score (nSPS) is 12.4. The third kappa shape index (κ3) is 3.22. The number of nitrogens with one attached hydrogen (secondary N) is 1. The van der Waals surface area contributed by atoms with Crippen LogP contribution in [0.25, 0.3) is 0 Å². The fourth-order valence-electron chi connectivity index (χ4n) is 1.52. The van der Waals surface area contributed by atoms with Crippen LogP contribution in [0, 0.1) is 0 Å². The van der Waals surface area contributed by atoms with Crippen LogP contribution in [-0.2, 0) is 6.42 Å². The van der Waals surface area contributed by atoms with Crippen LogP contribution in [-0.4, -0.2) is 11.0 Å². The molecule has 0 saturated heterocycles. The van der Waals surface area contributed by atoms with E-state index in [0.717, 1.165) is 12.2 Å². The van der Waals surface area contributed by atoms with Crippen LogP contribution in [0.4, 0.5) is 5.82 Å². The maximum atomic E-state index is 5.82. The molecule has 2 rings (SSSR count). The second-order valence-corrected chi connectivity index (χ2v) is 5.09. The lowest BCUT2D eigenvalue weighted by atomic mass is 10.2. The highest BCUT2D eigenvalue weighted by Gasteiger charge is 2.05. The van der Waals surface area contributed by atoms with Gasteiger partial charge in [-0.25, -0.2) is 4.98 Å². The summed E-state index contributed by atoms with van der Waals surface area (Å²) >= 11 is 7.60. The van der Waals surface area contributed by atoms with Gasteiger partial charge in [-0.2, -0.15) is 0 Å². The van der Waals surface area contributed by atoms with Crippen molar-refractivity contribution in [2.24, 2.45) is 0 Å². The summed E-state index contributed by atoms with van der Waals surface area (Å²) < 4.78 is 0. The quantitative estimate of drug-likeness (QED) is 0.837. The number of halogens is 1. The number of pyridine rings is 1. The summed E-state index contributed by atoms with van der Waals surface area (Å²) in [5, 5.41) is 5.95. The first kappa shape index (κ1) is 11.4. The first-order valence-corrected chi connectivity index (χ1v) is 6.41. The van der Waals surface area contributed by atoms with Crippen molar-refractivity contribution in [1.82, 2.24) is 4.98 Å². The third-order valence-corrected chi connectivity index (χ3v) is 3.31. The van der Waals surface area contributed by atoms with E-state index in [-0.39, 0.29) is 0 Å². The highest BCUT2D eigenvalue weighted by molar-refractivity contribution is 7.09. The van der Waals surface area contributed by atoms with Crippen molar-refractivity contribution in [3.63, 3.8) is 0 Å². The zero-order chi connectivity index (χ0) is 11.4. The zero-order valence-electron chi connectivity index (χ0n) is 8.98. The van der Waals surface area contributed by atoms with E-state index in [1.165, 1.54) is 4.88 Å². The predicted octanol–water partition coefficient (Wildman–Crippen LogP) is 3.84. The van der Waals surface area contributed by atoms with Crippen LogP contribution in [0.3, 0.4) is 0 Å². The molecule has 84 valence electrons. The number of rotatable bonds is 4. The number of hydrogen-bond donors (Lipinski definition) is 1. The Kier molecular flexibility index (Phi) is 3.80. The van der Waals surface area contributed by atoms with Crippen LogP contribution in [0.5, 0.6) is 0 Å². The molecule has 1 N–H and O–H groups in total. The van der Waals surface area contributed by atoms with E-state index in [1.54, 1.807) is 17.4 Å². The highest BCUT2D eigenvalue weighted by Crippen LogP contribution is 2.14. The van der Waals surface area contributed by atoms with Gasteiger partial charge in [0.05, 0.1) is 0 Å². The number of anilines is 1. The molecule has 0 aromatic carbocycles. The van der Waals surface area contributed by atoms with Gasteiger partial charge in [0.25, 0.3) is 0 Å². The minimum Gasteiger partial charge on any atom is -0.367 e. The van der Waals surface area contributed by atoms with E-state index >= 15 is 0 Å². The molecule has 0 bridgehead atoms. The van der Waals surface area contributed by atoms with Crippen LogP contribution in [0.1, 0.15) is 11.8 Å². The van der Waals surface area contributed by atoms with Gasteiger partial charge in [-0.3, -0.25) is 0 Å². The molecular formula is C12H13ClN2S. The van der Waals surface area contributed by atoms with E-state index in [0.29, 0.717) is 11.2 Å². The molecule has 0 saturated carbocycles. The van der Waals surface area contributed by atoms with Crippen LogP contribution >= 0.6 is 22.9 Å². The molecule has 1 atom stereocenters. The molecule has 0 spiro atoms. The smallest absolute Gasteiger partial charge is 0.131 e. The number of thiophene rings is 1. The zero-order valence-corrected chi connectivity index (χ0v) is 10.6. The van der Waals surface area contributed by atoms with Gasteiger partial charge in [-0.1, -0.05) is 23.7 Å². The van der Waals surface area contributed by atoms with Crippen molar-refractivity contribution >= 4 is 28.8 Å². The Morgan fingerprint density at radius 3 is 2.94 bits per heavy atom. The highest BCUT2D eigenvalue weighted by atomic mass is 35.5. The largest absolute Gasteiger partial charge is 0.367 e. The SMILES string of the molecule is CC(Cc1cccs1)Nc1cccc(Cl)n1. The van der Waals surface area contributed by atoms with Gasteiger partial charge in [0.1, 0.15) is 11.0 Å². The molecular weight excluding hydrogens is 240 g/mol. The lowest BCUT2D eigenvalue weighted by Crippen LogP contribution is -2.18. The third-order valence-electron chi connectivity index (χ3n) is 2.20. The molecule has 0 radical (unpaired) electrons. The summed E-state index contributed by atoms with van der Waals surface area (Å²) in [6.45, 7) is 2.14. The van der Waals surface area contributed by atoms with E-state index in [9.17, 15) is 0 Å². The van der Waals surface area contributed by atoms with Gasteiger partial charge in [-0.05, 0) is 30.5 Å². The second-order valence-electron chi connectivity index (χ2n) is 3.67.